The molecule has 0 spiro atoms. The van der Waals surface area contributed by atoms with Crippen molar-refractivity contribution in [2.45, 2.75) is 25.7 Å². The molecule has 0 amide bonds. The van der Waals surface area contributed by atoms with E-state index in [4.69, 9.17) is 16.6 Å². The molecule has 5 aromatic rings. The van der Waals surface area contributed by atoms with Crippen molar-refractivity contribution in [3.63, 3.8) is 0 Å². The maximum absolute atomic E-state index is 6.21. The van der Waals surface area contributed by atoms with Gasteiger partial charge < -0.3 is 0 Å². The van der Waals surface area contributed by atoms with Crippen LogP contribution in [-0.4, -0.2) is 4.98 Å². The van der Waals surface area contributed by atoms with E-state index in [1.54, 1.807) is 0 Å². The molecule has 9 rings (SSSR count). The highest BCUT2D eigenvalue weighted by atomic mass is 35.5. The number of pyridine rings is 1. The van der Waals surface area contributed by atoms with Crippen molar-refractivity contribution in [2.24, 2.45) is 0 Å². The highest BCUT2D eigenvalue weighted by Gasteiger charge is 2.16. The molecule has 4 aromatic carbocycles. The lowest BCUT2D eigenvalue weighted by Crippen LogP contribution is -2.02. The van der Waals surface area contributed by atoms with Crippen LogP contribution in [0.1, 0.15) is 22.3 Å². The SMILES string of the molecule is Clc1ccc(-c2cc3ccccc3nc2-c2cc3ccc2CCc2ccc(cc2)CC3)cc1. The lowest BCUT2D eigenvalue weighted by molar-refractivity contribution is 0.922. The second kappa shape index (κ2) is 8.50. The summed E-state index contributed by atoms with van der Waals surface area (Å²) in [4.78, 5) is 5.22. The van der Waals surface area contributed by atoms with Gasteiger partial charge in [0.1, 0.15) is 0 Å². The van der Waals surface area contributed by atoms with Crippen molar-refractivity contribution < 1.29 is 0 Å². The minimum absolute atomic E-state index is 0.747. The number of aryl methyl sites for hydroxylation is 4. The van der Waals surface area contributed by atoms with Crippen molar-refractivity contribution in [1.29, 1.82) is 0 Å². The van der Waals surface area contributed by atoms with Crippen LogP contribution in [0.2, 0.25) is 5.02 Å². The van der Waals surface area contributed by atoms with Gasteiger partial charge in [0.25, 0.3) is 0 Å². The monoisotopic (exact) mass is 445 g/mol. The second-order valence-electron chi connectivity index (χ2n) is 8.89. The van der Waals surface area contributed by atoms with Gasteiger partial charge in [0.2, 0.25) is 0 Å². The van der Waals surface area contributed by atoms with Gasteiger partial charge in [-0.05, 0) is 83.8 Å². The molecular formula is C31H24ClN. The Balaban J connectivity index is 1.56. The molecule has 1 nitrogen and oxygen atoms in total. The third kappa shape index (κ3) is 4.05. The summed E-state index contributed by atoms with van der Waals surface area (Å²) in [5, 5.41) is 1.90. The standard InChI is InChI=1S/C31H24ClN/c32-27-17-15-25(16-18-27)29-20-26-3-1-2-4-30(26)33-31(29)28-19-23-10-9-21-5-7-22(8-6-21)11-13-24(28)14-12-23/h1-8,12,14-20H,9-11,13H2. The second-order valence-corrected chi connectivity index (χ2v) is 9.33. The van der Waals surface area contributed by atoms with Crippen LogP contribution < -0.4 is 0 Å². The third-order valence-corrected chi connectivity index (χ3v) is 6.97. The van der Waals surface area contributed by atoms with Crippen molar-refractivity contribution in [3.05, 3.63) is 124 Å². The molecule has 0 atom stereocenters. The van der Waals surface area contributed by atoms with Crippen molar-refractivity contribution in [3.8, 4) is 22.4 Å². The number of halogens is 1. The van der Waals surface area contributed by atoms with Gasteiger partial charge in [-0.2, -0.15) is 0 Å². The van der Waals surface area contributed by atoms with E-state index in [9.17, 15) is 0 Å². The minimum atomic E-state index is 0.747. The molecule has 2 heteroatoms. The topological polar surface area (TPSA) is 12.9 Å². The largest absolute Gasteiger partial charge is 0.247 e. The van der Waals surface area contributed by atoms with Gasteiger partial charge >= 0.3 is 0 Å². The lowest BCUT2D eigenvalue weighted by Gasteiger charge is -2.17. The number of aromatic nitrogens is 1. The lowest BCUT2D eigenvalue weighted by atomic mass is 9.89. The van der Waals surface area contributed by atoms with Crippen molar-refractivity contribution >= 4 is 22.5 Å². The van der Waals surface area contributed by atoms with E-state index in [-0.39, 0.29) is 0 Å². The van der Waals surface area contributed by atoms with Crippen LogP contribution in [0.25, 0.3) is 33.3 Å². The quantitative estimate of drug-likeness (QED) is 0.267. The average molecular weight is 446 g/mol. The van der Waals surface area contributed by atoms with Crippen LogP contribution >= 0.6 is 11.6 Å². The summed E-state index contributed by atoms with van der Waals surface area (Å²) in [5.41, 5.74) is 11.1. The fourth-order valence-corrected chi connectivity index (χ4v) is 4.95. The molecule has 1 heterocycles. The minimum Gasteiger partial charge on any atom is -0.247 e. The number of hydrogen-bond donors (Lipinski definition) is 0. The average Bonchev–Trinajstić information content (AvgIpc) is 2.85. The Morgan fingerprint density at radius 1 is 0.576 bits per heavy atom. The number of rotatable bonds is 2. The normalized spacial score (nSPS) is 13.1. The van der Waals surface area contributed by atoms with Gasteiger partial charge in [0.05, 0.1) is 11.2 Å². The molecule has 4 bridgehead atoms. The van der Waals surface area contributed by atoms with Crippen LogP contribution in [0.3, 0.4) is 0 Å². The summed E-state index contributed by atoms with van der Waals surface area (Å²) in [6, 6.07) is 34.9. The van der Waals surface area contributed by atoms with Gasteiger partial charge in [-0.1, -0.05) is 78.3 Å². The van der Waals surface area contributed by atoms with E-state index in [0.717, 1.165) is 58.4 Å². The van der Waals surface area contributed by atoms with Gasteiger partial charge in [-0.15, -0.1) is 0 Å². The summed E-state index contributed by atoms with van der Waals surface area (Å²) < 4.78 is 0. The zero-order chi connectivity index (χ0) is 22.2. The maximum Gasteiger partial charge on any atom is 0.0790 e. The Labute approximate surface area is 199 Å². The molecule has 0 N–H and O–H groups in total. The smallest absolute Gasteiger partial charge is 0.0790 e. The van der Waals surface area contributed by atoms with Crippen LogP contribution in [0.4, 0.5) is 0 Å². The predicted molar refractivity (Wildman–Crippen MR) is 139 cm³/mol. The maximum atomic E-state index is 6.21. The molecule has 0 unspecified atom stereocenters. The van der Waals surface area contributed by atoms with E-state index in [0.29, 0.717) is 0 Å². The Morgan fingerprint density at radius 3 is 2.03 bits per heavy atom. The van der Waals surface area contributed by atoms with Crippen LogP contribution in [0, 0.1) is 0 Å². The molecule has 1 aromatic heterocycles. The van der Waals surface area contributed by atoms with Crippen molar-refractivity contribution in [2.75, 3.05) is 0 Å². The van der Waals surface area contributed by atoms with Crippen LogP contribution in [0.5, 0.6) is 0 Å². The molecule has 0 aliphatic heterocycles. The molecule has 160 valence electrons. The van der Waals surface area contributed by atoms with Crippen LogP contribution in [0.15, 0.2) is 97.1 Å². The Morgan fingerprint density at radius 2 is 1.24 bits per heavy atom. The zero-order valence-corrected chi connectivity index (χ0v) is 19.1. The van der Waals surface area contributed by atoms with E-state index in [1.165, 1.54) is 27.8 Å². The van der Waals surface area contributed by atoms with Gasteiger partial charge in [0, 0.05) is 21.5 Å². The van der Waals surface area contributed by atoms with E-state index in [1.807, 2.05) is 12.1 Å². The predicted octanol–water partition coefficient (Wildman–Crippen LogP) is 8.11. The third-order valence-electron chi connectivity index (χ3n) is 6.72. The highest BCUT2D eigenvalue weighted by molar-refractivity contribution is 6.30. The first-order chi connectivity index (χ1) is 16.2. The number of hydrogen-bond acceptors (Lipinski definition) is 1. The molecule has 4 aliphatic carbocycles. The molecule has 4 aliphatic rings. The molecule has 0 radical (unpaired) electrons. The fraction of sp³-hybridized carbons (Fsp3) is 0.129. The molecule has 0 saturated heterocycles. The van der Waals surface area contributed by atoms with E-state index in [2.05, 4.69) is 84.9 Å². The Kier molecular flexibility index (Phi) is 5.20. The fourth-order valence-electron chi connectivity index (χ4n) is 4.83. The van der Waals surface area contributed by atoms with Gasteiger partial charge in [0.15, 0.2) is 0 Å². The van der Waals surface area contributed by atoms with Crippen LogP contribution in [-0.2, 0) is 25.7 Å². The first kappa shape index (κ1) is 20.2. The first-order valence-electron chi connectivity index (χ1n) is 11.6. The molecule has 33 heavy (non-hydrogen) atoms. The number of para-hydroxylation sites is 1. The molecule has 0 fully saturated rings. The summed E-state index contributed by atoms with van der Waals surface area (Å²) in [5.74, 6) is 0. The van der Waals surface area contributed by atoms with Gasteiger partial charge in [-0.25, -0.2) is 4.98 Å². The zero-order valence-electron chi connectivity index (χ0n) is 18.4. The summed E-state index contributed by atoms with van der Waals surface area (Å²) >= 11 is 6.21. The summed E-state index contributed by atoms with van der Waals surface area (Å²) in [6.07, 6.45) is 4.09. The van der Waals surface area contributed by atoms with Gasteiger partial charge in [-0.3, -0.25) is 0 Å². The molecule has 0 saturated carbocycles. The highest BCUT2D eigenvalue weighted by Crippen LogP contribution is 2.37. The summed E-state index contributed by atoms with van der Waals surface area (Å²) in [6.45, 7) is 0. The van der Waals surface area contributed by atoms with E-state index >= 15 is 0 Å². The Hall–Kier alpha value is -3.42. The number of nitrogens with zero attached hydrogens (tertiary/aromatic N) is 1. The number of fused-ring (bicyclic) bond motifs is 1. The van der Waals surface area contributed by atoms with Crippen molar-refractivity contribution in [1.82, 2.24) is 4.98 Å². The Bertz CT molecular complexity index is 1450. The first-order valence-corrected chi connectivity index (χ1v) is 12.0. The van der Waals surface area contributed by atoms with E-state index < -0.39 is 0 Å². The number of benzene rings is 4. The molecular weight excluding hydrogens is 422 g/mol. The summed E-state index contributed by atoms with van der Waals surface area (Å²) in [7, 11) is 0.